The molecule has 1 N–H and O–H groups in total. The monoisotopic (exact) mass is 389 g/mol. The van der Waals surface area contributed by atoms with Crippen molar-refractivity contribution in [3.63, 3.8) is 0 Å². The van der Waals surface area contributed by atoms with E-state index in [4.69, 9.17) is 9.47 Å². The Balaban J connectivity index is 1.56. The number of likely N-dealkylation sites (tertiary alicyclic amines) is 1. The number of aromatic nitrogens is 1. The minimum absolute atomic E-state index is 0.0760. The van der Waals surface area contributed by atoms with Gasteiger partial charge in [-0.15, -0.1) is 11.3 Å². The van der Waals surface area contributed by atoms with Crippen molar-refractivity contribution in [2.75, 3.05) is 33.3 Å². The minimum Gasteiger partial charge on any atom is -0.493 e. The van der Waals surface area contributed by atoms with Crippen molar-refractivity contribution >= 4 is 17.2 Å². The number of piperidine rings is 1. The largest absolute Gasteiger partial charge is 0.493 e. The number of nitrogens with zero attached hydrogens (tertiary/aromatic N) is 2. The van der Waals surface area contributed by atoms with E-state index in [9.17, 15) is 4.79 Å². The molecule has 1 aromatic heterocycles. The Morgan fingerprint density at radius 2 is 2.30 bits per heavy atom. The second-order valence-corrected chi connectivity index (χ2v) is 7.46. The van der Waals surface area contributed by atoms with E-state index in [0.29, 0.717) is 36.1 Å². The van der Waals surface area contributed by atoms with E-state index >= 15 is 0 Å². The molecule has 1 atom stereocenters. The molecule has 1 fully saturated rings. The Hall–Kier alpha value is -2.12. The number of rotatable bonds is 8. The molecule has 1 aliphatic rings. The van der Waals surface area contributed by atoms with Crippen LogP contribution in [-0.4, -0.2) is 49.1 Å². The van der Waals surface area contributed by atoms with Crippen molar-refractivity contribution in [1.29, 1.82) is 0 Å². The molecular formula is C20H27N3O3S. The van der Waals surface area contributed by atoms with E-state index in [1.165, 1.54) is 30.7 Å². The van der Waals surface area contributed by atoms with Crippen LogP contribution in [0.4, 0.5) is 0 Å². The van der Waals surface area contributed by atoms with Crippen molar-refractivity contribution < 1.29 is 14.3 Å². The second kappa shape index (κ2) is 9.71. The molecule has 1 saturated heterocycles. The summed E-state index contributed by atoms with van der Waals surface area (Å²) in [7, 11) is 1.58. The predicted molar refractivity (Wildman–Crippen MR) is 107 cm³/mol. The first-order valence-corrected chi connectivity index (χ1v) is 10.3. The first-order chi connectivity index (χ1) is 13.2. The van der Waals surface area contributed by atoms with Gasteiger partial charge in [-0.05, 0) is 50.0 Å². The zero-order valence-corrected chi connectivity index (χ0v) is 16.8. The van der Waals surface area contributed by atoms with Gasteiger partial charge in [0.2, 0.25) is 0 Å². The molecule has 1 amide bonds. The summed E-state index contributed by atoms with van der Waals surface area (Å²) in [5.74, 6) is 1.60. The Labute approximate surface area is 164 Å². The highest BCUT2D eigenvalue weighted by molar-refractivity contribution is 7.07. The Bertz CT molecular complexity index is 736. The van der Waals surface area contributed by atoms with Crippen molar-refractivity contribution in [2.24, 2.45) is 5.92 Å². The number of hydrogen-bond donors (Lipinski definition) is 1. The van der Waals surface area contributed by atoms with Crippen LogP contribution in [0.3, 0.4) is 0 Å². The number of carbonyl (C=O) groups excluding carboxylic acids is 1. The summed E-state index contributed by atoms with van der Waals surface area (Å²) in [5, 5.41) is 5.01. The van der Waals surface area contributed by atoms with E-state index in [0.717, 1.165) is 18.8 Å². The molecule has 0 radical (unpaired) electrons. The highest BCUT2D eigenvalue weighted by atomic mass is 32.1. The number of amides is 1. The zero-order valence-electron chi connectivity index (χ0n) is 15.9. The Morgan fingerprint density at radius 3 is 3.04 bits per heavy atom. The molecule has 0 saturated carbocycles. The lowest BCUT2D eigenvalue weighted by Crippen LogP contribution is -2.40. The molecule has 0 aliphatic carbocycles. The van der Waals surface area contributed by atoms with Crippen LogP contribution in [0.25, 0.3) is 0 Å². The normalized spacial score (nSPS) is 17.5. The molecule has 1 unspecified atom stereocenters. The first-order valence-electron chi connectivity index (χ1n) is 9.38. The van der Waals surface area contributed by atoms with E-state index < -0.39 is 0 Å². The maximum atomic E-state index is 12.5. The average Bonchev–Trinajstić information content (AvgIpc) is 3.24. The maximum Gasteiger partial charge on any atom is 0.251 e. The third-order valence-corrected chi connectivity index (χ3v) is 5.52. The second-order valence-electron chi connectivity index (χ2n) is 6.75. The summed E-state index contributed by atoms with van der Waals surface area (Å²) in [6.07, 6.45) is 2.37. The van der Waals surface area contributed by atoms with Crippen molar-refractivity contribution in [3.8, 4) is 11.5 Å². The maximum absolute atomic E-state index is 12.5. The fourth-order valence-electron chi connectivity index (χ4n) is 3.33. The van der Waals surface area contributed by atoms with Crippen LogP contribution in [0.1, 0.15) is 35.8 Å². The van der Waals surface area contributed by atoms with Crippen LogP contribution in [0.5, 0.6) is 11.5 Å². The molecule has 0 spiro atoms. The summed E-state index contributed by atoms with van der Waals surface area (Å²) in [6.45, 7) is 6.57. The Kier molecular flexibility index (Phi) is 7.06. The number of carbonyl (C=O) groups is 1. The van der Waals surface area contributed by atoms with Crippen LogP contribution in [0.15, 0.2) is 29.1 Å². The first kappa shape index (κ1) is 19.6. The van der Waals surface area contributed by atoms with E-state index in [1.54, 1.807) is 30.8 Å². The molecule has 1 aliphatic heterocycles. The van der Waals surface area contributed by atoms with Gasteiger partial charge in [0, 0.05) is 24.0 Å². The summed E-state index contributed by atoms with van der Waals surface area (Å²) < 4.78 is 11.2. The predicted octanol–water partition coefficient (Wildman–Crippen LogP) is 3.19. The molecule has 2 aromatic rings. The van der Waals surface area contributed by atoms with Crippen LogP contribution in [-0.2, 0) is 6.61 Å². The number of thiazole rings is 1. The SMILES string of the molecule is CCN1CCCC(CNC(=O)c2ccc(OCc3cscn3)c(OC)c2)C1. The number of ether oxygens (including phenoxy) is 2. The number of methoxy groups -OCH3 is 1. The van der Waals surface area contributed by atoms with Crippen LogP contribution in [0, 0.1) is 5.92 Å². The molecule has 2 heterocycles. The third kappa shape index (κ3) is 5.43. The van der Waals surface area contributed by atoms with Gasteiger partial charge in [0.25, 0.3) is 5.91 Å². The smallest absolute Gasteiger partial charge is 0.251 e. The lowest BCUT2D eigenvalue weighted by molar-refractivity contribution is 0.0933. The van der Waals surface area contributed by atoms with Crippen molar-refractivity contribution in [2.45, 2.75) is 26.4 Å². The van der Waals surface area contributed by atoms with Gasteiger partial charge in [0.15, 0.2) is 11.5 Å². The van der Waals surface area contributed by atoms with Gasteiger partial charge in [-0.1, -0.05) is 6.92 Å². The summed E-state index contributed by atoms with van der Waals surface area (Å²) in [6, 6.07) is 5.28. The lowest BCUT2D eigenvalue weighted by atomic mass is 9.98. The lowest BCUT2D eigenvalue weighted by Gasteiger charge is -2.31. The third-order valence-electron chi connectivity index (χ3n) is 4.89. The fraction of sp³-hybridized carbons (Fsp3) is 0.500. The molecule has 3 rings (SSSR count). The van der Waals surface area contributed by atoms with Crippen LogP contribution < -0.4 is 14.8 Å². The number of nitrogens with one attached hydrogen (secondary N) is 1. The van der Waals surface area contributed by atoms with Crippen molar-refractivity contribution in [1.82, 2.24) is 15.2 Å². The summed E-state index contributed by atoms with van der Waals surface area (Å²) in [4.78, 5) is 19.2. The highest BCUT2D eigenvalue weighted by Gasteiger charge is 2.20. The van der Waals surface area contributed by atoms with E-state index in [1.807, 2.05) is 5.38 Å². The van der Waals surface area contributed by atoms with Crippen molar-refractivity contribution in [3.05, 3.63) is 40.3 Å². The van der Waals surface area contributed by atoms with E-state index in [-0.39, 0.29) is 5.91 Å². The van der Waals surface area contributed by atoms with E-state index in [2.05, 4.69) is 22.1 Å². The van der Waals surface area contributed by atoms with Gasteiger partial charge in [0.1, 0.15) is 6.61 Å². The van der Waals surface area contributed by atoms with Gasteiger partial charge >= 0.3 is 0 Å². The van der Waals surface area contributed by atoms with Crippen LogP contribution in [0.2, 0.25) is 0 Å². The summed E-state index contributed by atoms with van der Waals surface area (Å²) in [5.41, 5.74) is 3.23. The molecule has 1 aromatic carbocycles. The Morgan fingerprint density at radius 1 is 1.41 bits per heavy atom. The molecule has 7 heteroatoms. The standard InChI is InChI=1S/C20H27N3O3S/c1-3-23-8-4-5-15(11-23)10-21-20(24)16-6-7-18(19(9-16)25-2)26-12-17-13-27-14-22-17/h6-7,9,13-15H,3-5,8,10-12H2,1-2H3,(H,21,24). The topological polar surface area (TPSA) is 63.7 Å². The fourth-order valence-corrected chi connectivity index (χ4v) is 3.88. The number of hydrogen-bond acceptors (Lipinski definition) is 6. The molecule has 6 nitrogen and oxygen atoms in total. The molecule has 146 valence electrons. The summed E-state index contributed by atoms with van der Waals surface area (Å²) >= 11 is 1.53. The number of benzene rings is 1. The molecule has 27 heavy (non-hydrogen) atoms. The molecular weight excluding hydrogens is 362 g/mol. The van der Waals surface area contributed by atoms with Crippen LogP contribution >= 0.6 is 11.3 Å². The van der Waals surface area contributed by atoms with Gasteiger partial charge < -0.3 is 19.7 Å². The zero-order chi connectivity index (χ0) is 19.1. The highest BCUT2D eigenvalue weighted by Crippen LogP contribution is 2.29. The minimum atomic E-state index is -0.0760. The van der Waals surface area contributed by atoms with Gasteiger partial charge in [-0.3, -0.25) is 4.79 Å². The van der Waals surface area contributed by atoms with Gasteiger partial charge in [-0.2, -0.15) is 0 Å². The molecule has 0 bridgehead atoms. The van der Waals surface area contributed by atoms with Gasteiger partial charge in [0.05, 0.1) is 18.3 Å². The quantitative estimate of drug-likeness (QED) is 0.751. The van der Waals surface area contributed by atoms with Gasteiger partial charge in [-0.25, -0.2) is 4.98 Å². The average molecular weight is 390 g/mol.